The van der Waals surface area contributed by atoms with Gasteiger partial charge in [-0.2, -0.15) is 9.78 Å². The number of para-hydroxylation sites is 1. The number of fused-ring (bicyclic) bond motifs is 2. The van der Waals surface area contributed by atoms with Crippen LogP contribution < -0.4 is 19.6 Å². The Labute approximate surface area is 223 Å². The van der Waals surface area contributed by atoms with E-state index >= 15 is 0 Å². The molecule has 2 N–H and O–H groups in total. The maximum Gasteiger partial charge on any atom is 0.271 e. The fourth-order valence-corrected chi connectivity index (χ4v) is 4.88. The van der Waals surface area contributed by atoms with Gasteiger partial charge < -0.3 is 19.3 Å². The number of phenols is 1. The van der Waals surface area contributed by atoms with E-state index in [2.05, 4.69) is 31.0 Å². The van der Waals surface area contributed by atoms with Crippen LogP contribution >= 0.6 is 0 Å². The highest BCUT2D eigenvalue weighted by atomic mass is 16.7. The number of amides is 1. The standard InChI is InChI=1S/C27H25N7O5/c1-33-12-11-17-13-21-24(39-15-38-21)25(37-2)22(17)23(33)26-29-31-32-34(26)19-9-7-16(8-10-19)27(36)30-28-14-18-5-3-4-6-20(18)35/h3-10,13-14,23,35H,11-12,15H2,1-2H3,(H,30,36)/t23-/m0/s1. The average molecular weight is 528 g/mol. The number of benzene rings is 3. The monoisotopic (exact) mass is 527 g/mol. The number of likely N-dealkylation sites (N-methyl/N-ethyl adjacent to an activating group) is 1. The van der Waals surface area contributed by atoms with Gasteiger partial charge in [0, 0.05) is 23.2 Å². The first-order chi connectivity index (χ1) is 19.0. The Bertz CT molecular complexity index is 1570. The van der Waals surface area contributed by atoms with E-state index in [4.69, 9.17) is 14.2 Å². The zero-order valence-electron chi connectivity index (χ0n) is 21.2. The molecule has 3 heterocycles. The second-order valence-corrected chi connectivity index (χ2v) is 9.10. The van der Waals surface area contributed by atoms with Gasteiger partial charge in [0.2, 0.25) is 12.5 Å². The van der Waals surface area contributed by atoms with Gasteiger partial charge in [0.1, 0.15) is 11.8 Å². The summed E-state index contributed by atoms with van der Waals surface area (Å²) in [7, 11) is 3.63. The van der Waals surface area contributed by atoms with Gasteiger partial charge in [-0.1, -0.05) is 12.1 Å². The third kappa shape index (κ3) is 4.40. The highest BCUT2D eigenvalue weighted by Gasteiger charge is 2.37. The van der Waals surface area contributed by atoms with Gasteiger partial charge in [0.05, 0.1) is 19.0 Å². The van der Waals surface area contributed by atoms with Crippen LogP contribution in [0.1, 0.15) is 38.9 Å². The number of carbonyl (C=O) groups excluding carboxylic acids is 1. The number of aromatic hydroxyl groups is 1. The number of hydrazone groups is 1. The Morgan fingerprint density at radius 3 is 2.82 bits per heavy atom. The quantitative estimate of drug-likeness (QED) is 0.286. The fraction of sp³-hybridized carbons (Fsp3) is 0.222. The minimum Gasteiger partial charge on any atom is -0.507 e. The van der Waals surface area contributed by atoms with Gasteiger partial charge in [-0.05, 0) is 71.9 Å². The number of nitrogens with zero attached hydrogens (tertiary/aromatic N) is 6. The molecule has 0 saturated heterocycles. The van der Waals surface area contributed by atoms with E-state index in [-0.39, 0.29) is 18.6 Å². The SMILES string of the molecule is COc1c2c(cc3c1[C@@H](c1nnnn1-c1ccc(C(=O)NN=Cc4ccccc4O)cc1)N(C)CC3)OCO2. The summed E-state index contributed by atoms with van der Waals surface area (Å²) in [6, 6.07) is 15.3. The fourth-order valence-electron chi connectivity index (χ4n) is 4.88. The molecule has 12 heteroatoms. The van der Waals surface area contributed by atoms with Crippen LogP contribution in [0.5, 0.6) is 23.0 Å². The number of methoxy groups -OCH3 is 1. The van der Waals surface area contributed by atoms with E-state index < -0.39 is 5.91 Å². The number of phenolic OH excluding ortho intramolecular Hbond substituents is 1. The highest BCUT2D eigenvalue weighted by molar-refractivity contribution is 5.95. The van der Waals surface area contributed by atoms with Crippen molar-refractivity contribution < 1.29 is 24.1 Å². The molecule has 0 radical (unpaired) electrons. The number of carbonyl (C=O) groups is 1. The average Bonchev–Trinajstić information content (AvgIpc) is 3.63. The number of rotatable bonds is 6. The Morgan fingerprint density at radius 2 is 2.03 bits per heavy atom. The molecule has 0 aliphatic carbocycles. The second-order valence-electron chi connectivity index (χ2n) is 9.10. The number of aromatic nitrogens is 4. The molecule has 198 valence electrons. The van der Waals surface area contributed by atoms with Gasteiger partial charge in [-0.25, -0.2) is 5.43 Å². The van der Waals surface area contributed by atoms with E-state index in [1.165, 1.54) is 6.21 Å². The first-order valence-corrected chi connectivity index (χ1v) is 12.2. The van der Waals surface area contributed by atoms with E-state index in [1.807, 2.05) is 13.1 Å². The zero-order chi connectivity index (χ0) is 26.9. The van der Waals surface area contributed by atoms with Crippen molar-refractivity contribution in [3.8, 4) is 28.7 Å². The molecule has 1 amide bonds. The first kappa shape index (κ1) is 24.4. The molecule has 0 unspecified atom stereocenters. The van der Waals surface area contributed by atoms with Crippen molar-refractivity contribution in [3.05, 3.63) is 82.7 Å². The topological polar surface area (TPSA) is 136 Å². The van der Waals surface area contributed by atoms with Crippen LogP contribution in [0.15, 0.2) is 59.7 Å². The zero-order valence-corrected chi connectivity index (χ0v) is 21.2. The molecule has 12 nitrogen and oxygen atoms in total. The smallest absolute Gasteiger partial charge is 0.271 e. The van der Waals surface area contributed by atoms with Crippen molar-refractivity contribution in [1.82, 2.24) is 30.5 Å². The summed E-state index contributed by atoms with van der Waals surface area (Å²) < 4.78 is 18.8. The third-order valence-corrected chi connectivity index (χ3v) is 6.81. The third-order valence-electron chi connectivity index (χ3n) is 6.81. The van der Waals surface area contributed by atoms with Crippen LogP contribution in [-0.4, -0.2) is 69.8 Å². The number of hydrogen-bond donors (Lipinski definition) is 2. The predicted molar refractivity (Wildman–Crippen MR) is 140 cm³/mol. The lowest BCUT2D eigenvalue weighted by Crippen LogP contribution is -2.35. The number of ether oxygens (including phenoxy) is 3. The highest BCUT2D eigenvalue weighted by Crippen LogP contribution is 2.50. The lowest BCUT2D eigenvalue weighted by atomic mass is 9.90. The van der Waals surface area contributed by atoms with Crippen LogP contribution in [0.3, 0.4) is 0 Å². The van der Waals surface area contributed by atoms with Crippen molar-refractivity contribution in [3.63, 3.8) is 0 Å². The summed E-state index contributed by atoms with van der Waals surface area (Å²) in [6.45, 7) is 0.931. The normalized spacial score (nSPS) is 16.3. The second kappa shape index (κ2) is 10.1. The van der Waals surface area contributed by atoms with Crippen molar-refractivity contribution >= 4 is 12.1 Å². The van der Waals surface area contributed by atoms with Crippen molar-refractivity contribution in [2.75, 3.05) is 27.5 Å². The summed E-state index contributed by atoms with van der Waals surface area (Å²) in [4.78, 5) is 14.8. The number of tetrazole rings is 1. The van der Waals surface area contributed by atoms with E-state index in [0.717, 1.165) is 24.1 Å². The molecule has 2 aliphatic heterocycles. The molecule has 2 aliphatic rings. The largest absolute Gasteiger partial charge is 0.507 e. The van der Waals surface area contributed by atoms with E-state index in [0.29, 0.717) is 39.9 Å². The number of nitrogens with one attached hydrogen (secondary N) is 1. The van der Waals surface area contributed by atoms with Gasteiger partial charge in [-0.15, -0.1) is 5.10 Å². The van der Waals surface area contributed by atoms with Gasteiger partial charge in [-0.3, -0.25) is 9.69 Å². The molecular weight excluding hydrogens is 502 g/mol. The van der Waals surface area contributed by atoms with Crippen molar-refractivity contribution in [2.24, 2.45) is 5.10 Å². The van der Waals surface area contributed by atoms with Crippen LogP contribution in [-0.2, 0) is 6.42 Å². The van der Waals surface area contributed by atoms with Gasteiger partial charge in [0.15, 0.2) is 17.3 Å². The van der Waals surface area contributed by atoms with E-state index in [9.17, 15) is 9.90 Å². The molecular formula is C27H25N7O5. The molecule has 1 atom stereocenters. The van der Waals surface area contributed by atoms with Crippen LogP contribution in [0, 0.1) is 0 Å². The predicted octanol–water partition coefficient (Wildman–Crippen LogP) is 2.45. The molecule has 4 aromatic rings. The summed E-state index contributed by atoms with van der Waals surface area (Å²) in [5.74, 6) is 2.14. The van der Waals surface area contributed by atoms with Crippen LogP contribution in [0.25, 0.3) is 5.69 Å². The Kier molecular flexibility index (Phi) is 6.29. The maximum atomic E-state index is 12.6. The van der Waals surface area contributed by atoms with Gasteiger partial charge in [0.25, 0.3) is 5.91 Å². The van der Waals surface area contributed by atoms with Crippen LogP contribution in [0.2, 0.25) is 0 Å². The molecule has 3 aromatic carbocycles. The first-order valence-electron chi connectivity index (χ1n) is 12.2. The summed E-state index contributed by atoms with van der Waals surface area (Å²) in [5.41, 5.74) is 6.07. The lowest BCUT2D eigenvalue weighted by Gasteiger charge is -2.34. The summed E-state index contributed by atoms with van der Waals surface area (Å²) in [5, 5.41) is 26.4. The van der Waals surface area contributed by atoms with Crippen molar-refractivity contribution in [1.29, 1.82) is 0 Å². The minimum absolute atomic E-state index is 0.0752. The summed E-state index contributed by atoms with van der Waals surface area (Å²) >= 11 is 0. The Hall–Kier alpha value is -4.97. The molecule has 0 saturated carbocycles. The molecule has 0 fully saturated rings. The Morgan fingerprint density at radius 1 is 1.21 bits per heavy atom. The van der Waals surface area contributed by atoms with Crippen LogP contribution in [0.4, 0.5) is 0 Å². The molecule has 0 bridgehead atoms. The number of hydrogen-bond acceptors (Lipinski definition) is 10. The lowest BCUT2D eigenvalue weighted by molar-refractivity contribution is 0.0955. The van der Waals surface area contributed by atoms with Crippen molar-refractivity contribution in [2.45, 2.75) is 12.5 Å². The molecule has 1 aromatic heterocycles. The van der Waals surface area contributed by atoms with Gasteiger partial charge >= 0.3 is 0 Å². The minimum atomic E-state index is -0.396. The molecule has 6 rings (SSSR count). The van der Waals surface area contributed by atoms with E-state index in [1.54, 1.807) is 60.3 Å². The Balaban J connectivity index is 1.27. The maximum absolute atomic E-state index is 12.6. The molecule has 39 heavy (non-hydrogen) atoms. The summed E-state index contributed by atoms with van der Waals surface area (Å²) in [6.07, 6.45) is 2.20. The molecule has 0 spiro atoms.